The van der Waals surface area contributed by atoms with Crippen LogP contribution in [-0.2, 0) is 19.1 Å². The molecule has 4 N–H and O–H groups in total. The highest BCUT2D eigenvalue weighted by Gasteiger charge is 2.75. The third-order valence-corrected chi connectivity index (χ3v) is 11.2. The van der Waals surface area contributed by atoms with Crippen LogP contribution in [0, 0.1) is 35.0 Å². The molecule has 1 unspecified atom stereocenters. The lowest BCUT2D eigenvalue weighted by atomic mass is 9.72. The van der Waals surface area contributed by atoms with Crippen molar-refractivity contribution in [3.8, 4) is 0 Å². The number of aliphatic hydroxyl groups is 2. The van der Waals surface area contributed by atoms with E-state index in [9.17, 15) is 33.0 Å². The number of aliphatic hydroxyl groups excluding tert-OH is 2. The van der Waals surface area contributed by atoms with Crippen LogP contribution in [0.4, 0.5) is 13.2 Å². The molecule has 1 saturated carbocycles. The number of cyclic esters (lactones) is 1. The molecule has 0 amide bonds. The maximum atomic E-state index is 14.5. The number of thioether (sulfide) groups is 1. The van der Waals surface area contributed by atoms with E-state index >= 15 is 0 Å². The number of nitrogens with two attached hydrogens (primary N) is 1. The molecule has 0 aromatic rings. The lowest BCUT2D eigenvalue weighted by molar-refractivity contribution is -0.187. The molecule has 240 valence electrons. The summed E-state index contributed by atoms with van der Waals surface area (Å²) in [6, 6.07) is 0. The van der Waals surface area contributed by atoms with Crippen LogP contribution in [0.2, 0.25) is 0 Å². The van der Waals surface area contributed by atoms with Gasteiger partial charge in [0.05, 0.1) is 24.0 Å². The van der Waals surface area contributed by atoms with Crippen molar-refractivity contribution >= 4 is 23.5 Å². The Morgan fingerprint density at radius 3 is 2.38 bits per heavy atom. The molecular formula is C31H48F3NO6S. The van der Waals surface area contributed by atoms with Crippen LogP contribution in [0.15, 0.2) is 22.8 Å². The minimum absolute atomic E-state index is 0.0986. The number of fused-ring (bicyclic) bond motifs is 2. The average molecular weight is 620 g/mol. The molecule has 11 atom stereocenters. The van der Waals surface area contributed by atoms with E-state index in [1.165, 1.54) is 25.6 Å². The number of hydrogen-bond donors (Lipinski definition) is 3. The number of hydrogen-bond acceptors (Lipinski definition) is 8. The smallest absolute Gasteiger partial charge is 0.420 e. The number of ketones is 1. The molecule has 42 heavy (non-hydrogen) atoms. The fourth-order valence-electron chi connectivity index (χ4n) is 6.53. The summed E-state index contributed by atoms with van der Waals surface area (Å²) < 4.78 is 54.7. The predicted octanol–water partition coefficient (Wildman–Crippen LogP) is 5.53. The topological polar surface area (TPSA) is 122 Å². The van der Waals surface area contributed by atoms with Crippen molar-refractivity contribution in [2.24, 2.45) is 40.7 Å². The van der Waals surface area contributed by atoms with Crippen molar-refractivity contribution in [1.29, 1.82) is 0 Å². The summed E-state index contributed by atoms with van der Waals surface area (Å²) in [4.78, 5) is 26.5. The van der Waals surface area contributed by atoms with Crippen LogP contribution in [0.3, 0.4) is 0 Å². The van der Waals surface area contributed by atoms with Crippen molar-refractivity contribution in [3.63, 3.8) is 0 Å². The van der Waals surface area contributed by atoms with E-state index in [2.05, 4.69) is 0 Å². The number of alkyl halides is 3. The Labute approximate surface area is 251 Å². The van der Waals surface area contributed by atoms with Crippen molar-refractivity contribution in [3.05, 3.63) is 22.8 Å². The van der Waals surface area contributed by atoms with Crippen LogP contribution in [0.5, 0.6) is 0 Å². The average Bonchev–Trinajstić information content (AvgIpc) is 3.78. The number of ether oxygens (including phenoxy) is 2. The second kappa shape index (κ2) is 12.8. The Morgan fingerprint density at radius 1 is 1.19 bits per heavy atom. The SMILES string of the molecule is CCC(C)S/C=C(N)/C=C(\C)[C@@H]1C[C@@H]2O[C@]2(C(F)(F)F)C[C@H]2[C@H](C)[C@@H]2[C@H](C)[C@H](O)[C@@H](C)C(=O)C(C)(C)[C@@H](O)CC(=O)O1. The molecule has 3 aliphatic rings. The normalized spacial score (nSPS) is 40.9. The maximum Gasteiger partial charge on any atom is 0.420 e. The second-order valence-electron chi connectivity index (χ2n) is 13.3. The zero-order valence-corrected chi connectivity index (χ0v) is 26.7. The van der Waals surface area contributed by atoms with Crippen LogP contribution < -0.4 is 5.73 Å². The Hall–Kier alpha value is -1.56. The van der Waals surface area contributed by atoms with Gasteiger partial charge in [-0.1, -0.05) is 48.5 Å². The molecule has 1 aliphatic carbocycles. The summed E-state index contributed by atoms with van der Waals surface area (Å²) in [5.41, 5.74) is 3.23. The molecule has 0 bridgehead atoms. The van der Waals surface area contributed by atoms with Gasteiger partial charge in [-0.15, -0.1) is 11.8 Å². The van der Waals surface area contributed by atoms with E-state index in [4.69, 9.17) is 15.2 Å². The zero-order valence-electron chi connectivity index (χ0n) is 25.9. The zero-order chi connectivity index (χ0) is 31.9. The Bertz CT molecular complexity index is 1080. The van der Waals surface area contributed by atoms with Crippen LogP contribution in [-0.4, -0.2) is 63.4 Å². The number of esters is 1. The summed E-state index contributed by atoms with van der Waals surface area (Å²) in [5.74, 6) is -3.31. The monoisotopic (exact) mass is 619 g/mol. The van der Waals surface area contributed by atoms with E-state index in [-0.39, 0.29) is 30.6 Å². The number of carbonyl (C=O) groups excluding carboxylic acids is 2. The predicted molar refractivity (Wildman–Crippen MR) is 156 cm³/mol. The van der Waals surface area contributed by atoms with Crippen LogP contribution >= 0.6 is 11.8 Å². The van der Waals surface area contributed by atoms with Gasteiger partial charge in [0.2, 0.25) is 0 Å². The van der Waals surface area contributed by atoms with E-state index in [0.717, 1.165) is 6.42 Å². The molecule has 0 spiro atoms. The fraction of sp³-hybridized carbons (Fsp3) is 0.806. The van der Waals surface area contributed by atoms with Gasteiger partial charge in [0.15, 0.2) is 5.60 Å². The van der Waals surface area contributed by atoms with Gasteiger partial charge in [-0.25, -0.2) is 0 Å². The van der Waals surface area contributed by atoms with Gasteiger partial charge in [0.25, 0.3) is 0 Å². The Kier molecular flexibility index (Phi) is 10.7. The molecule has 2 heterocycles. The summed E-state index contributed by atoms with van der Waals surface area (Å²) in [5, 5.41) is 24.1. The molecule has 3 fully saturated rings. The molecule has 7 nitrogen and oxygen atoms in total. The minimum Gasteiger partial charge on any atom is -0.458 e. The molecule has 2 saturated heterocycles. The second-order valence-corrected chi connectivity index (χ2v) is 14.6. The van der Waals surface area contributed by atoms with E-state index in [1.807, 2.05) is 20.8 Å². The lowest BCUT2D eigenvalue weighted by Gasteiger charge is -2.34. The lowest BCUT2D eigenvalue weighted by Crippen LogP contribution is -2.46. The van der Waals surface area contributed by atoms with Gasteiger partial charge in [0, 0.05) is 23.3 Å². The number of rotatable bonds is 5. The molecule has 0 aromatic heterocycles. The van der Waals surface area contributed by atoms with Crippen molar-refractivity contribution in [1.82, 2.24) is 0 Å². The third-order valence-electron chi connectivity index (χ3n) is 9.99. The first-order valence-corrected chi connectivity index (χ1v) is 15.9. The summed E-state index contributed by atoms with van der Waals surface area (Å²) in [6.45, 7) is 13.9. The van der Waals surface area contributed by atoms with Gasteiger partial charge in [0.1, 0.15) is 18.0 Å². The summed E-state index contributed by atoms with van der Waals surface area (Å²) >= 11 is 1.52. The van der Waals surface area contributed by atoms with Crippen LogP contribution in [0.1, 0.15) is 81.1 Å². The number of allylic oxidation sites excluding steroid dienone is 1. The molecule has 2 aliphatic heterocycles. The first-order chi connectivity index (χ1) is 19.3. The highest BCUT2D eigenvalue weighted by molar-refractivity contribution is 8.02. The van der Waals surface area contributed by atoms with Gasteiger partial charge >= 0.3 is 12.1 Å². The summed E-state index contributed by atoms with van der Waals surface area (Å²) in [7, 11) is 0. The number of carbonyl (C=O) groups is 2. The Balaban J connectivity index is 1.98. The number of epoxide rings is 1. The van der Waals surface area contributed by atoms with E-state index < -0.39 is 71.6 Å². The summed E-state index contributed by atoms with van der Waals surface area (Å²) in [6.07, 6.45) is -8.07. The van der Waals surface area contributed by atoms with E-state index in [0.29, 0.717) is 16.5 Å². The molecular weight excluding hydrogens is 571 g/mol. The van der Waals surface area contributed by atoms with Gasteiger partial charge in [-0.05, 0) is 60.5 Å². The highest BCUT2D eigenvalue weighted by atomic mass is 32.2. The van der Waals surface area contributed by atoms with Crippen LogP contribution in [0.25, 0.3) is 0 Å². The quantitative estimate of drug-likeness (QED) is 0.209. The van der Waals surface area contributed by atoms with Crippen molar-refractivity contribution in [2.45, 2.75) is 123 Å². The maximum absolute atomic E-state index is 14.5. The van der Waals surface area contributed by atoms with Gasteiger partial charge in [-0.2, -0.15) is 13.2 Å². The fourth-order valence-corrected chi connectivity index (χ4v) is 7.18. The van der Waals surface area contributed by atoms with E-state index in [1.54, 1.807) is 32.3 Å². The standard InChI is InChI=1S/C31H48F3NO6S/c1-9-16(3)42-14-20(35)10-15(2)22-11-24-30(41-24,31(32,33)34)13-21-17(4)26(21)18(5)27(38)19(6)28(39)29(7,8)23(36)12-25(37)40-22/h10,14,16-19,21-24,26-27,36,38H,9,11-13,35H2,1-8H3/b15-10+,20-14-/t16?,17-,18-,19+,21-,22-,23-,24-,26+,27-,30+/m0/s1. The largest absolute Gasteiger partial charge is 0.458 e. The molecule has 0 aromatic carbocycles. The molecule has 11 heteroatoms. The Morgan fingerprint density at radius 2 is 1.81 bits per heavy atom. The molecule has 0 radical (unpaired) electrons. The first kappa shape index (κ1) is 34.9. The first-order valence-electron chi connectivity index (χ1n) is 14.9. The number of Topliss-reactive ketones (excluding diaryl/α,β-unsaturated/α-hetero) is 1. The van der Waals surface area contributed by atoms with Crippen molar-refractivity contribution in [2.75, 3.05) is 0 Å². The molecule has 3 rings (SSSR count). The minimum atomic E-state index is -4.65. The number of halogens is 3. The van der Waals surface area contributed by atoms with Gasteiger partial charge in [-0.3, -0.25) is 9.59 Å². The third kappa shape index (κ3) is 7.21. The highest BCUT2D eigenvalue weighted by Crippen LogP contribution is 2.63. The van der Waals surface area contributed by atoms with Gasteiger partial charge < -0.3 is 25.4 Å². The van der Waals surface area contributed by atoms with Crippen molar-refractivity contribution < 1.29 is 42.4 Å².